The molecule has 0 saturated heterocycles. The van der Waals surface area contributed by atoms with Crippen LogP contribution in [0.1, 0.15) is 85.6 Å². The fraction of sp³-hybridized carbons (Fsp3) is 0.400. The first-order valence-electron chi connectivity index (χ1n) is 16.3. The van der Waals surface area contributed by atoms with Gasteiger partial charge in [0, 0.05) is 0 Å². The first-order valence-corrected chi connectivity index (χ1v) is 19.1. The number of hydrogen-bond donors (Lipinski definition) is 0. The van der Waals surface area contributed by atoms with Crippen LogP contribution in [0.4, 0.5) is 0 Å². The molecule has 0 nitrogen and oxygen atoms in total. The Morgan fingerprint density at radius 3 is 1.71 bits per heavy atom. The zero-order valence-corrected chi connectivity index (χ0v) is 28.1. The van der Waals surface area contributed by atoms with Crippen molar-refractivity contribution in [3.63, 3.8) is 0 Å². The Kier molecular flexibility index (Phi) is 9.34. The Bertz CT molecular complexity index is 1410. The molecule has 0 aliphatic heterocycles. The maximum atomic E-state index is 2.63. The van der Waals surface area contributed by atoms with Gasteiger partial charge in [-0.3, -0.25) is 0 Å². The van der Waals surface area contributed by atoms with E-state index in [1.807, 2.05) is 0 Å². The van der Waals surface area contributed by atoms with Crippen molar-refractivity contribution in [1.82, 2.24) is 0 Å². The van der Waals surface area contributed by atoms with Gasteiger partial charge in [0.25, 0.3) is 0 Å². The van der Waals surface area contributed by atoms with Gasteiger partial charge < -0.3 is 0 Å². The van der Waals surface area contributed by atoms with E-state index in [1.165, 1.54) is 67.2 Å². The zero-order valence-electron chi connectivity index (χ0n) is 26.3. The van der Waals surface area contributed by atoms with Crippen molar-refractivity contribution in [2.24, 2.45) is 5.92 Å². The molecule has 0 heterocycles. The van der Waals surface area contributed by atoms with Gasteiger partial charge >= 0.3 is 0 Å². The van der Waals surface area contributed by atoms with E-state index in [9.17, 15) is 0 Å². The lowest BCUT2D eigenvalue weighted by Gasteiger charge is -2.38. The van der Waals surface area contributed by atoms with Crippen LogP contribution in [-0.2, 0) is 0 Å². The van der Waals surface area contributed by atoms with Crippen LogP contribution in [0.5, 0.6) is 0 Å². The Morgan fingerprint density at radius 2 is 1.12 bits per heavy atom. The van der Waals surface area contributed by atoms with E-state index in [0.29, 0.717) is 5.66 Å². The van der Waals surface area contributed by atoms with Crippen LogP contribution in [0, 0.1) is 33.6 Å². The molecule has 2 saturated carbocycles. The summed E-state index contributed by atoms with van der Waals surface area (Å²) in [6.45, 7) is 11.8. The van der Waals surface area contributed by atoms with Crippen LogP contribution in [-0.4, -0.2) is 11.3 Å². The van der Waals surface area contributed by atoms with Gasteiger partial charge in [-0.05, 0) is 119 Å². The second-order valence-electron chi connectivity index (χ2n) is 13.2. The van der Waals surface area contributed by atoms with Crippen molar-refractivity contribution in [3.05, 3.63) is 119 Å². The number of aryl methyl sites for hydroxylation is 4. The summed E-state index contributed by atoms with van der Waals surface area (Å²) in [7, 11) is -0.921. The largest absolute Gasteiger partial charge is 0.0622 e. The summed E-state index contributed by atoms with van der Waals surface area (Å²) in [4.78, 5) is 0. The predicted octanol–water partition coefficient (Wildman–Crippen LogP) is 9.70. The van der Waals surface area contributed by atoms with Gasteiger partial charge in [-0.2, -0.15) is 0 Å². The minimum Gasteiger partial charge on any atom is -0.0622 e. The lowest BCUT2D eigenvalue weighted by Crippen LogP contribution is -2.34. The zero-order chi connectivity index (χ0) is 29.2. The molecule has 218 valence electrons. The van der Waals surface area contributed by atoms with E-state index in [4.69, 9.17) is 0 Å². The van der Waals surface area contributed by atoms with Crippen LogP contribution in [0.25, 0.3) is 0 Å². The van der Waals surface area contributed by atoms with Crippen LogP contribution >= 0.6 is 15.8 Å². The first-order chi connectivity index (χ1) is 20.4. The topological polar surface area (TPSA) is 0 Å². The predicted molar refractivity (Wildman–Crippen MR) is 189 cm³/mol. The van der Waals surface area contributed by atoms with Crippen LogP contribution in [0.15, 0.2) is 91.0 Å². The molecule has 0 aromatic heterocycles. The van der Waals surface area contributed by atoms with Gasteiger partial charge in [0.2, 0.25) is 0 Å². The molecule has 2 aliphatic rings. The Labute approximate surface area is 257 Å². The summed E-state index contributed by atoms with van der Waals surface area (Å²) in [5, 5.41) is 6.42. The van der Waals surface area contributed by atoms with E-state index in [0.717, 1.165) is 17.5 Å². The summed E-state index contributed by atoms with van der Waals surface area (Å²) >= 11 is 0. The normalized spacial score (nSPS) is 20.7. The molecule has 0 radical (unpaired) electrons. The Morgan fingerprint density at radius 1 is 0.571 bits per heavy atom. The van der Waals surface area contributed by atoms with Gasteiger partial charge in [-0.15, -0.1) is 0 Å². The third kappa shape index (κ3) is 6.33. The highest BCUT2D eigenvalue weighted by atomic mass is 31.1. The lowest BCUT2D eigenvalue weighted by atomic mass is 9.98. The van der Waals surface area contributed by atoms with Gasteiger partial charge in [-0.1, -0.05) is 139 Å². The molecule has 4 aromatic rings. The quantitative estimate of drug-likeness (QED) is 0.179. The molecule has 0 spiro atoms. The smallest absolute Gasteiger partial charge is 0.00942 e. The molecule has 2 heteroatoms. The number of benzene rings is 4. The standard InChI is InChI=1S/C40H48P2/c1-28-22-29(2)25-35(24-28)41(36-26-30(3)23-31(4)27-36)32(5)37-19-13-21-39(37)42(34-16-7-6-8-17-34)40-20-12-11-18-38(40)33-14-9-10-15-33/h6-8,11-12,16-18,20,22-27,32-33,37,39H,9-10,13-15,19,21H2,1-5H3/t32-,37+,39?,42?/m0/s1. The summed E-state index contributed by atoms with van der Waals surface area (Å²) < 4.78 is 0. The highest BCUT2D eigenvalue weighted by molar-refractivity contribution is 7.74. The SMILES string of the molecule is Cc1cc(C)cc(P(c2cc(C)cc(C)c2)[C@@H](C)[C@H]2CCCC2P(c2ccccc2)c2ccccc2C2CCCC2)c1. The molecule has 0 bridgehead atoms. The van der Waals surface area contributed by atoms with Crippen LogP contribution in [0.3, 0.4) is 0 Å². The molecule has 2 aliphatic carbocycles. The van der Waals surface area contributed by atoms with Crippen molar-refractivity contribution < 1.29 is 0 Å². The fourth-order valence-corrected chi connectivity index (χ4v) is 15.2. The average Bonchev–Trinajstić information content (AvgIpc) is 3.67. The molecule has 4 atom stereocenters. The molecule has 2 fully saturated rings. The molecule has 4 aromatic carbocycles. The van der Waals surface area contributed by atoms with Gasteiger partial charge in [0.1, 0.15) is 0 Å². The van der Waals surface area contributed by atoms with Crippen molar-refractivity contribution in [3.8, 4) is 0 Å². The monoisotopic (exact) mass is 590 g/mol. The maximum absolute atomic E-state index is 2.63. The molecular weight excluding hydrogens is 542 g/mol. The van der Waals surface area contributed by atoms with E-state index < -0.39 is 15.8 Å². The Balaban J connectivity index is 1.46. The number of rotatable bonds is 8. The third-order valence-electron chi connectivity index (χ3n) is 9.89. The van der Waals surface area contributed by atoms with Gasteiger partial charge in [-0.25, -0.2) is 0 Å². The molecule has 6 rings (SSSR count). The van der Waals surface area contributed by atoms with Gasteiger partial charge in [0.15, 0.2) is 0 Å². The van der Waals surface area contributed by atoms with Crippen molar-refractivity contribution in [2.45, 2.75) is 96.8 Å². The third-order valence-corrected chi connectivity index (χ3v) is 15.8. The summed E-state index contributed by atoms with van der Waals surface area (Å²) in [5.41, 5.74) is 8.62. The van der Waals surface area contributed by atoms with Gasteiger partial charge in [0.05, 0.1) is 0 Å². The first kappa shape index (κ1) is 29.8. The van der Waals surface area contributed by atoms with E-state index in [1.54, 1.807) is 26.8 Å². The minimum absolute atomic E-state index is 0.438. The van der Waals surface area contributed by atoms with Crippen molar-refractivity contribution >= 4 is 37.1 Å². The van der Waals surface area contributed by atoms with Crippen LogP contribution in [0.2, 0.25) is 0 Å². The second kappa shape index (κ2) is 13.2. The summed E-state index contributed by atoms with van der Waals surface area (Å²) in [6.07, 6.45) is 9.59. The molecule has 0 amide bonds. The lowest BCUT2D eigenvalue weighted by molar-refractivity contribution is 0.548. The number of hydrogen-bond acceptors (Lipinski definition) is 0. The fourth-order valence-electron chi connectivity index (χ4n) is 8.23. The minimum atomic E-state index is -0.483. The van der Waals surface area contributed by atoms with Crippen molar-refractivity contribution in [2.75, 3.05) is 0 Å². The summed E-state index contributed by atoms with van der Waals surface area (Å²) in [5.74, 6) is 1.47. The van der Waals surface area contributed by atoms with E-state index in [2.05, 4.69) is 126 Å². The Hall–Kier alpha value is -2.26. The molecule has 0 N–H and O–H groups in total. The highest BCUT2D eigenvalue weighted by Crippen LogP contribution is 2.57. The van der Waals surface area contributed by atoms with E-state index in [-0.39, 0.29) is 0 Å². The van der Waals surface area contributed by atoms with Crippen molar-refractivity contribution in [1.29, 1.82) is 0 Å². The molecule has 2 unspecified atom stereocenters. The maximum Gasteiger partial charge on any atom is -0.00942 e. The van der Waals surface area contributed by atoms with Crippen LogP contribution < -0.4 is 21.2 Å². The average molecular weight is 591 g/mol. The molecular formula is C40H48P2. The molecule has 42 heavy (non-hydrogen) atoms. The highest BCUT2D eigenvalue weighted by Gasteiger charge is 2.42. The summed E-state index contributed by atoms with van der Waals surface area (Å²) in [6, 6.07) is 36.1. The van der Waals surface area contributed by atoms with E-state index >= 15 is 0 Å². The second-order valence-corrected chi connectivity index (χ2v) is 18.2.